The van der Waals surface area contributed by atoms with Gasteiger partial charge < -0.3 is 5.32 Å². The first kappa shape index (κ1) is 10.9. The molecule has 1 aliphatic heterocycles. The molecule has 0 unspecified atom stereocenters. The van der Waals surface area contributed by atoms with Gasteiger partial charge in [0.2, 0.25) is 10.0 Å². The summed E-state index contributed by atoms with van der Waals surface area (Å²) >= 11 is 0. The van der Waals surface area contributed by atoms with Crippen molar-refractivity contribution in [2.45, 2.75) is 30.9 Å². The number of sulfonamides is 1. The van der Waals surface area contributed by atoms with E-state index in [4.69, 9.17) is 0 Å². The summed E-state index contributed by atoms with van der Waals surface area (Å²) in [5.41, 5.74) is 3.00. The van der Waals surface area contributed by atoms with Gasteiger partial charge in [0.1, 0.15) is 0 Å². The summed E-state index contributed by atoms with van der Waals surface area (Å²) < 4.78 is 26.3. The number of hydrogen-bond donors (Lipinski definition) is 2. The number of aryl methyl sites for hydroxylation is 1. The predicted octanol–water partition coefficient (Wildman–Crippen LogP) is 1.95. The molecule has 0 aromatic heterocycles. The zero-order chi connectivity index (χ0) is 11.9. The molecule has 17 heavy (non-hydrogen) atoms. The minimum absolute atomic E-state index is 0.175. The zero-order valence-electron chi connectivity index (χ0n) is 9.57. The average molecular weight is 252 g/mol. The number of rotatable bonds is 3. The largest absolute Gasteiger partial charge is 0.385 e. The Labute approximate surface area is 101 Å². The SMILES string of the molecule is O=S(=O)(Nc1ccc2c(c1)NCCC2)C1CC1. The highest BCUT2D eigenvalue weighted by atomic mass is 32.2. The van der Waals surface area contributed by atoms with E-state index in [1.165, 1.54) is 5.56 Å². The van der Waals surface area contributed by atoms with Gasteiger partial charge in [-0.25, -0.2) is 8.42 Å². The van der Waals surface area contributed by atoms with Crippen LogP contribution in [0.2, 0.25) is 0 Å². The molecule has 1 aliphatic carbocycles. The number of fused-ring (bicyclic) bond motifs is 1. The Bertz CT molecular complexity index is 535. The van der Waals surface area contributed by atoms with Crippen LogP contribution < -0.4 is 10.0 Å². The van der Waals surface area contributed by atoms with Gasteiger partial charge in [0, 0.05) is 12.2 Å². The first-order valence-corrected chi connectivity index (χ1v) is 7.58. The van der Waals surface area contributed by atoms with Crippen molar-refractivity contribution in [1.82, 2.24) is 0 Å². The molecule has 1 aromatic rings. The minimum Gasteiger partial charge on any atom is -0.385 e. The molecule has 1 heterocycles. The fraction of sp³-hybridized carbons (Fsp3) is 0.500. The van der Waals surface area contributed by atoms with Gasteiger partial charge in [-0.05, 0) is 43.4 Å². The van der Waals surface area contributed by atoms with E-state index in [1.807, 2.05) is 18.2 Å². The van der Waals surface area contributed by atoms with Crippen LogP contribution >= 0.6 is 0 Å². The molecular weight excluding hydrogens is 236 g/mol. The second-order valence-corrected chi connectivity index (χ2v) is 6.71. The first-order valence-electron chi connectivity index (χ1n) is 6.03. The van der Waals surface area contributed by atoms with Gasteiger partial charge in [-0.1, -0.05) is 6.07 Å². The lowest BCUT2D eigenvalue weighted by atomic mass is 10.0. The second-order valence-electron chi connectivity index (χ2n) is 4.75. The van der Waals surface area contributed by atoms with E-state index in [0.717, 1.165) is 37.9 Å². The number of hydrogen-bond acceptors (Lipinski definition) is 3. The molecular formula is C12H16N2O2S. The molecule has 1 aromatic carbocycles. The molecule has 0 radical (unpaired) electrons. The van der Waals surface area contributed by atoms with Crippen LogP contribution in [0.5, 0.6) is 0 Å². The van der Waals surface area contributed by atoms with E-state index < -0.39 is 10.0 Å². The molecule has 3 rings (SSSR count). The topological polar surface area (TPSA) is 58.2 Å². The van der Waals surface area contributed by atoms with Crippen LogP contribution in [-0.4, -0.2) is 20.2 Å². The highest BCUT2D eigenvalue weighted by molar-refractivity contribution is 7.93. The van der Waals surface area contributed by atoms with Gasteiger partial charge in [-0.15, -0.1) is 0 Å². The van der Waals surface area contributed by atoms with Crippen molar-refractivity contribution in [2.75, 3.05) is 16.6 Å². The molecule has 92 valence electrons. The molecule has 0 atom stereocenters. The van der Waals surface area contributed by atoms with Crippen molar-refractivity contribution in [2.24, 2.45) is 0 Å². The minimum atomic E-state index is -3.14. The highest BCUT2D eigenvalue weighted by Crippen LogP contribution is 2.31. The number of anilines is 2. The van der Waals surface area contributed by atoms with Gasteiger partial charge in [0.05, 0.1) is 10.9 Å². The predicted molar refractivity (Wildman–Crippen MR) is 68.8 cm³/mol. The van der Waals surface area contributed by atoms with Gasteiger partial charge in [0.25, 0.3) is 0 Å². The maximum absolute atomic E-state index is 11.8. The van der Waals surface area contributed by atoms with Crippen molar-refractivity contribution in [3.63, 3.8) is 0 Å². The number of benzene rings is 1. The third kappa shape index (κ3) is 2.24. The smallest absolute Gasteiger partial charge is 0.235 e. The quantitative estimate of drug-likeness (QED) is 0.864. The van der Waals surface area contributed by atoms with E-state index in [1.54, 1.807) is 0 Å². The fourth-order valence-electron chi connectivity index (χ4n) is 2.15. The molecule has 5 heteroatoms. The maximum Gasteiger partial charge on any atom is 0.235 e. The molecule has 2 N–H and O–H groups in total. The fourth-order valence-corrected chi connectivity index (χ4v) is 3.53. The molecule has 2 aliphatic rings. The summed E-state index contributed by atoms with van der Waals surface area (Å²) in [7, 11) is -3.14. The summed E-state index contributed by atoms with van der Waals surface area (Å²) in [5, 5.41) is 3.12. The average Bonchev–Trinajstić information content (AvgIpc) is 3.12. The molecule has 1 saturated carbocycles. The van der Waals surface area contributed by atoms with Crippen molar-refractivity contribution >= 4 is 21.4 Å². The lowest BCUT2D eigenvalue weighted by Gasteiger charge is -2.19. The zero-order valence-corrected chi connectivity index (χ0v) is 10.4. The van der Waals surface area contributed by atoms with Crippen LogP contribution in [0.25, 0.3) is 0 Å². The highest BCUT2D eigenvalue weighted by Gasteiger charge is 2.35. The molecule has 0 saturated heterocycles. The van der Waals surface area contributed by atoms with Gasteiger partial charge >= 0.3 is 0 Å². The van der Waals surface area contributed by atoms with Crippen molar-refractivity contribution in [1.29, 1.82) is 0 Å². The Morgan fingerprint density at radius 2 is 2.12 bits per heavy atom. The van der Waals surface area contributed by atoms with E-state index >= 15 is 0 Å². The summed E-state index contributed by atoms with van der Waals surface area (Å²) in [6.45, 7) is 0.964. The van der Waals surface area contributed by atoms with Crippen LogP contribution in [0.4, 0.5) is 11.4 Å². The lowest BCUT2D eigenvalue weighted by molar-refractivity contribution is 0.600. The number of nitrogens with one attached hydrogen (secondary N) is 2. The monoisotopic (exact) mass is 252 g/mol. The third-order valence-electron chi connectivity index (χ3n) is 3.27. The van der Waals surface area contributed by atoms with Crippen LogP contribution in [0.3, 0.4) is 0 Å². The normalized spacial score (nSPS) is 19.3. The van der Waals surface area contributed by atoms with Gasteiger partial charge in [-0.3, -0.25) is 4.72 Å². The van der Waals surface area contributed by atoms with Gasteiger partial charge in [0.15, 0.2) is 0 Å². The van der Waals surface area contributed by atoms with E-state index in [2.05, 4.69) is 10.0 Å². The summed E-state index contributed by atoms with van der Waals surface area (Å²) in [4.78, 5) is 0. The standard InChI is InChI=1S/C12H16N2O2S/c15-17(16,11-5-6-11)14-10-4-3-9-2-1-7-13-12(9)8-10/h3-4,8,11,13-14H,1-2,5-7H2. The molecule has 0 spiro atoms. The Morgan fingerprint density at radius 3 is 2.88 bits per heavy atom. The van der Waals surface area contributed by atoms with Crippen LogP contribution in [-0.2, 0) is 16.4 Å². The molecule has 0 amide bonds. The van der Waals surface area contributed by atoms with Crippen LogP contribution in [0.15, 0.2) is 18.2 Å². The Kier molecular flexibility index (Phi) is 2.50. The summed E-state index contributed by atoms with van der Waals surface area (Å²) in [6, 6.07) is 5.76. The lowest BCUT2D eigenvalue weighted by Crippen LogP contribution is -2.18. The van der Waals surface area contributed by atoms with E-state index in [-0.39, 0.29) is 5.25 Å². The first-order chi connectivity index (χ1) is 8.15. The Morgan fingerprint density at radius 1 is 1.29 bits per heavy atom. The second kappa shape index (κ2) is 3.91. The van der Waals surface area contributed by atoms with Crippen molar-refractivity contribution in [3.8, 4) is 0 Å². The Hall–Kier alpha value is -1.23. The molecule has 0 bridgehead atoms. The third-order valence-corrected chi connectivity index (χ3v) is 5.14. The Balaban J connectivity index is 1.84. The van der Waals surface area contributed by atoms with E-state index in [0.29, 0.717) is 5.69 Å². The van der Waals surface area contributed by atoms with Crippen molar-refractivity contribution in [3.05, 3.63) is 23.8 Å². The van der Waals surface area contributed by atoms with Gasteiger partial charge in [-0.2, -0.15) is 0 Å². The summed E-state index contributed by atoms with van der Waals surface area (Å²) in [6.07, 6.45) is 3.79. The molecule has 4 nitrogen and oxygen atoms in total. The van der Waals surface area contributed by atoms with Crippen LogP contribution in [0, 0.1) is 0 Å². The molecule has 1 fully saturated rings. The van der Waals surface area contributed by atoms with Crippen molar-refractivity contribution < 1.29 is 8.42 Å². The van der Waals surface area contributed by atoms with Crippen LogP contribution in [0.1, 0.15) is 24.8 Å². The maximum atomic E-state index is 11.8. The summed E-state index contributed by atoms with van der Waals surface area (Å²) in [5.74, 6) is 0. The van der Waals surface area contributed by atoms with E-state index in [9.17, 15) is 8.42 Å².